The molecule has 0 bridgehead atoms. The lowest BCUT2D eigenvalue weighted by molar-refractivity contribution is 0.0681. The van der Waals surface area contributed by atoms with Gasteiger partial charge in [0.15, 0.2) is 0 Å². The van der Waals surface area contributed by atoms with Crippen molar-refractivity contribution in [2.24, 2.45) is 0 Å². The van der Waals surface area contributed by atoms with Gasteiger partial charge in [-0.2, -0.15) is 0 Å². The minimum Gasteiger partial charge on any atom is -0.478 e. The zero-order chi connectivity index (χ0) is 13.8. The molecule has 0 aliphatic carbocycles. The lowest BCUT2D eigenvalue weighted by Crippen LogP contribution is -2.11. The van der Waals surface area contributed by atoms with E-state index in [1.54, 1.807) is 24.3 Å². The van der Waals surface area contributed by atoms with E-state index in [1.165, 1.54) is 24.3 Å². The summed E-state index contributed by atoms with van der Waals surface area (Å²) < 4.78 is 5.07. The lowest BCUT2D eigenvalue weighted by Gasteiger charge is -2.07. The minimum atomic E-state index is -1.15. The number of carboxylic acids is 1. The van der Waals surface area contributed by atoms with E-state index >= 15 is 0 Å². The van der Waals surface area contributed by atoms with E-state index in [4.69, 9.17) is 21.4 Å². The van der Waals surface area contributed by atoms with Crippen LogP contribution in [0, 0.1) is 0 Å². The number of carbonyl (C=O) groups is 2. The molecule has 0 spiro atoms. The maximum absolute atomic E-state index is 11.8. The third kappa shape index (κ3) is 3.11. The van der Waals surface area contributed by atoms with Crippen molar-refractivity contribution in [1.82, 2.24) is 0 Å². The highest BCUT2D eigenvalue weighted by molar-refractivity contribution is 6.30. The highest BCUT2D eigenvalue weighted by Gasteiger charge is 2.14. The number of carboxylic acid groups (broad SMARTS) is 1. The number of carbonyl (C=O) groups excluding carboxylic acids is 1. The van der Waals surface area contributed by atoms with E-state index in [-0.39, 0.29) is 11.3 Å². The molecule has 19 heavy (non-hydrogen) atoms. The number of hydrogen-bond donors (Lipinski definition) is 1. The van der Waals surface area contributed by atoms with Gasteiger partial charge in [-0.15, -0.1) is 0 Å². The number of para-hydroxylation sites is 1. The molecule has 0 atom stereocenters. The molecular weight excluding hydrogens is 268 g/mol. The number of aromatic carboxylic acids is 1. The van der Waals surface area contributed by atoms with Crippen molar-refractivity contribution in [2.75, 3.05) is 0 Å². The van der Waals surface area contributed by atoms with Gasteiger partial charge in [0.2, 0.25) is 0 Å². The second-order valence-corrected chi connectivity index (χ2v) is 4.13. The Morgan fingerprint density at radius 2 is 1.63 bits per heavy atom. The standard InChI is InChI=1S/C14H9ClO4/c15-10-7-5-9(6-8-10)14(18)19-12-4-2-1-3-11(12)13(16)17/h1-8H,(H,16,17). The van der Waals surface area contributed by atoms with Gasteiger partial charge < -0.3 is 9.84 Å². The summed E-state index contributed by atoms with van der Waals surface area (Å²) >= 11 is 5.71. The van der Waals surface area contributed by atoms with Gasteiger partial charge >= 0.3 is 11.9 Å². The number of esters is 1. The SMILES string of the molecule is O=C(Oc1ccccc1C(=O)O)c1ccc(Cl)cc1. The van der Waals surface area contributed by atoms with Crippen LogP contribution in [0.3, 0.4) is 0 Å². The topological polar surface area (TPSA) is 63.6 Å². The molecule has 0 aliphatic rings. The predicted molar refractivity (Wildman–Crippen MR) is 69.8 cm³/mol. The number of benzene rings is 2. The largest absolute Gasteiger partial charge is 0.478 e. The Morgan fingerprint density at radius 1 is 1.00 bits per heavy atom. The van der Waals surface area contributed by atoms with E-state index in [9.17, 15) is 9.59 Å². The Balaban J connectivity index is 2.24. The molecule has 2 aromatic rings. The van der Waals surface area contributed by atoms with E-state index in [0.717, 1.165) is 0 Å². The molecular formula is C14H9ClO4. The van der Waals surface area contributed by atoms with E-state index in [2.05, 4.69) is 0 Å². The van der Waals surface area contributed by atoms with Crippen molar-refractivity contribution in [3.8, 4) is 5.75 Å². The Morgan fingerprint density at radius 3 is 2.26 bits per heavy atom. The fourth-order valence-electron chi connectivity index (χ4n) is 1.48. The molecule has 0 aromatic heterocycles. The van der Waals surface area contributed by atoms with Crippen LogP contribution in [-0.4, -0.2) is 17.0 Å². The summed E-state index contributed by atoms with van der Waals surface area (Å²) in [5, 5.41) is 9.48. The minimum absolute atomic E-state index is 0.00921. The van der Waals surface area contributed by atoms with Crippen LogP contribution in [0.15, 0.2) is 48.5 Å². The fraction of sp³-hybridized carbons (Fsp3) is 0. The third-order valence-electron chi connectivity index (χ3n) is 2.40. The highest BCUT2D eigenvalue weighted by Crippen LogP contribution is 2.19. The number of hydrogen-bond acceptors (Lipinski definition) is 3. The Labute approximate surface area is 114 Å². The molecule has 96 valence electrons. The average molecular weight is 277 g/mol. The van der Waals surface area contributed by atoms with E-state index in [0.29, 0.717) is 10.6 Å². The molecule has 0 saturated carbocycles. The van der Waals surface area contributed by atoms with Gasteiger partial charge in [0.25, 0.3) is 0 Å². The van der Waals surface area contributed by atoms with Gasteiger partial charge in [-0.3, -0.25) is 0 Å². The summed E-state index contributed by atoms with van der Waals surface area (Å²) in [6.07, 6.45) is 0. The smallest absolute Gasteiger partial charge is 0.343 e. The molecule has 0 amide bonds. The monoisotopic (exact) mass is 276 g/mol. The van der Waals surface area contributed by atoms with Gasteiger partial charge in [0, 0.05) is 5.02 Å². The Bertz CT molecular complexity index is 620. The summed E-state index contributed by atoms with van der Waals surface area (Å²) in [5.74, 6) is -1.78. The van der Waals surface area contributed by atoms with Crippen LogP contribution in [-0.2, 0) is 0 Å². The first-order valence-corrected chi connectivity index (χ1v) is 5.76. The van der Waals surface area contributed by atoms with Crippen molar-refractivity contribution in [3.63, 3.8) is 0 Å². The maximum Gasteiger partial charge on any atom is 0.343 e. The van der Waals surface area contributed by atoms with Gasteiger partial charge in [0.05, 0.1) is 5.56 Å². The number of ether oxygens (including phenoxy) is 1. The van der Waals surface area contributed by atoms with Crippen LogP contribution in [0.1, 0.15) is 20.7 Å². The summed E-state index contributed by atoms with van der Waals surface area (Å²) in [7, 11) is 0. The molecule has 1 N–H and O–H groups in total. The molecule has 0 fully saturated rings. The quantitative estimate of drug-likeness (QED) is 0.690. The number of halogens is 1. The molecule has 2 aromatic carbocycles. The molecule has 0 saturated heterocycles. The van der Waals surface area contributed by atoms with Crippen molar-refractivity contribution in [1.29, 1.82) is 0 Å². The van der Waals surface area contributed by atoms with Gasteiger partial charge in [0.1, 0.15) is 11.3 Å². The number of rotatable bonds is 3. The van der Waals surface area contributed by atoms with Crippen molar-refractivity contribution in [2.45, 2.75) is 0 Å². The van der Waals surface area contributed by atoms with Crippen LogP contribution < -0.4 is 4.74 Å². The molecule has 0 unspecified atom stereocenters. The zero-order valence-electron chi connectivity index (χ0n) is 9.67. The maximum atomic E-state index is 11.8. The fourth-order valence-corrected chi connectivity index (χ4v) is 1.60. The molecule has 0 heterocycles. The second kappa shape index (κ2) is 5.54. The zero-order valence-corrected chi connectivity index (χ0v) is 10.4. The summed E-state index contributed by atoms with van der Waals surface area (Å²) in [6.45, 7) is 0. The van der Waals surface area contributed by atoms with Crippen molar-refractivity contribution in [3.05, 3.63) is 64.7 Å². The first-order valence-electron chi connectivity index (χ1n) is 5.38. The lowest BCUT2D eigenvalue weighted by atomic mass is 10.2. The highest BCUT2D eigenvalue weighted by atomic mass is 35.5. The normalized spacial score (nSPS) is 9.95. The summed E-state index contributed by atoms with van der Waals surface area (Å²) in [6, 6.07) is 12.1. The molecule has 0 radical (unpaired) electrons. The first kappa shape index (κ1) is 13.1. The molecule has 0 aliphatic heterocycles. The van der Waals surface area contributed by atoms with Crippen LogP contribution in [0.25, 0.3) is 0 Å². The molecule has 5 heteroatoms. The van der Waals surface area contributed by atoms with Gasteiger partial charge in [-0.1, -0.05) is 23.7 Å². The molecule has 2 rings (SSSR count). The van der Waals surface area contributed by atoms with E-state index in [1.807, 2.05) is 0 Å². The van der Waals surface area contributed by atoms with Crippen LogP contribution in [0.4, 0.5) is 0 Å². The predicted octanol–water partition coefficient (Wildman–Crippen LogP) is 3.26. The third-order valence-corrected chi connectivity index (χ3v) is 2.65. The Hall–Kier alpha value is -2.33. The van der Waals surface area contributed by atoms with Crippen LogP contribution in [0.2, 0.25) is 5.02 Å². The molecule has 4 nitrogen and oxygen atoms in total. The van der Waals surface area contributed by atoms with Gasteiger partial charge in [-0.05, 0) is 36.4 Å². The van der Waals surface area contributed by atoms with Crippen LogP contribution in [0.5, 0.6) is 5.75 Å². The summed E-state index contributed by atoms with van der Waals surface area (Å²) in [4.78, 5) is 22.8. The van der Waals surface area contributed by atoms with Crippen molar-refractivity contribution < 1.29 is 19.4 Å². The second-order valence-electron chi connectivity index (χ2n) is 3.70. The van der Waals surface area contributed by atoms with Gasteiger partial charge in [-0.25, -0.2) is 9.59 Å². The average Bonchev–Trinajstić information content (AvgIpc) is 2.39. The first-order chi connectivity index (χ1) is 9.08. The Kier molecular flexibility index (Phi) is 3.82. The summed E-state index contributed by atoms with van der Waals surface area (Å²) in [5.41, 5.74) is 0.231. The van der Waals surface area contributed by atoms with Crippen molar-refractivity contribution >= 4 is 23.5 Å². The van der Waals surface area contributed by atoms with Crippen LogP contribution >= 0.6 is 11.6 Å². The van der Waals surface area contributed by atoms with E-state index < -0.39 is 11.9 Å².